The highest BCUT2D eigenvalue weighted by Crippen LogP contribution is 2.37. The molecule has 1 saturated carbocycles. The van der Waals surface area contributed by atoms with Crippen LogP contribution in [-0.2, 0) is 20.8 Å². The summed E-state index contributed by atoms with van der Waals surface area (Å²) in [6.45, 7) is 5.59. The summed E-state index contributed by atoms with van der Waals surface area (Å²) < 4.78 is 40.4. The second kappa shape index (κ2) is 16.5. The molecule has 9 nitrogen and oxygen atoms in total. The van der Waals surface area contributed by atoms with Gasteiger partial charge in [0.25, 0.3) is 5.91 Å². The molecular weight excluding hydrogens is 690 g/mol. The summed E-state index contributed by atoms with van der Waals surface area (Å²) >= 11 is 6.34. The fraction of sp³-hybridized carbons (Fsp3) is 0.425. The number of aryl methyl sites for hydroxylation is 2. The molecule has 6 rings (SSSR count). The lowest BCUT2D eigenvalue weighted by atomic mass is 9.82. The van der Waals surface area contributed by atoms with Gasteiger partial charge in [-0.1, -0.05) is 35.9 Å². The first-order valence-corrected chi connectivity index (χ1v) is 18.3. The van der Waals surface area contributed by atoms with Crippen molar-refractivity contribution in [3.05, 3.63) is 99.1 Å². The maximum Gasteiger partial charge on any atom is 0.252 e. The van der Waals surface area contributed by atoms with Gasteiger partial charge in [0.1, 0.15) is 24.7 Å². The van der Waals surface area contributed by atoms with Crippen molar-refractivity contribution in [3.8, 4) is 11.5 Å². The SMILES string of the molecule is Cc1cc(Cl)c(OCCOc2ccc(C3=C(C(=O)N(CCc4cccc(F)c4F)C4CC4)[C@H]4CN(C(=O)CCCC(N)=O)CC(C3)N4)cc2)cc1C. The van der Waals surface area contributed by atoms with E-state index in [2.05, 4.69) is 5.32 Å². The number of carbonyl (C=O) groups excluding carboxylic acids is 3. The van der Waals surface area contributed by atoms with Gasteiger partial charge in [-0.15, -0.1) is 0 Å². The Hall–Kier alpha value is -4.48. The van der Waals surface area contributed by atoms with Crippen LogP contribution in [0.1, 0.15) is 60.8 Å². The molecule has 1 aliphatic carbocycles. The lowest BCUT2D eigenvalue weighted by Gasteiger charge is -2.45. The fourth-order valence-electron chi connectivity index (χ4n) is 7.04. The zero-order valence-corrected chi connectivity index (χ0v) is 30.3. The number of ether oxygens (including phenoxy) is 2. The molecule has 2 bridgehead atoms. The van der Waals surface area contributed by atoms with E-state index in [1.54, 1.807) is 15.9 Å². The summed E-state index contributed by atoms with van der Waals surface area (Å²) in [6, 6.07) is 15.0. The molecule has 2 aliphatic heterocycles. The Bertz CT molecular complexity index is 1850. The maximum atomic E-state index is 14.6. The Morgan fingerprint density at radius 1 is 0.981 bits per heavy atom. The quantitative estimate of drug-likeness (QED) is 0.188. The summed E-state index contributed by atoms with van der Waals surface area (Å²) in [5, 5.41) is 4.14. The van der Waals surface area contributed by atoms with Gasteiger partial charge in [0, 0.05) is 50.1 Å². The van der Waals surface area contributed by atoms with Gasteiger partial charge in [0.05, 0.1) is 11.1 Å². The number of amides is 3. The number of rotatable bonds is 15. The van der Waals surface area contributed by atoms with Gasteiger partial charge in [-0.05, 0) is 104 Å². The van der Waals surface area contributed by atoms with Gasteiger partial charge < -0.3 is 30.3 Å². The molecule has 3 aromatic carbocycles. The molecule has 3 aromatic rings. The maximum absolute atomic E-state index is 14.6. The number of piperazine rings is 1. The van der Waals surface area contributed by atoms with E-state index in [0.29, 0.717) is 61.2 Å². The zero-order chi connectivity index (χ0) is 36.9. The minimum absolute atomic E-state index is 0.00224. The van der Waals surface area contributed by atoms with Crippen molar-refractivity contribution in [2.24, 2.45) is 5.73 Å². The third kappa shape index (κ3) is 8.93. The van der Waals surface area contributed by atoms with Gasteiger partial charge in [-0.3, -0.25) is 14.4 Å². The van der Waals surface area contributed by atoms with Crippen molar-refractivity contribution in [2.45, 2.75) is 76.9 Å². The van der Waals surface area contributed by atoms with Crippen molar-refractivity contribution in [1.82, 2.24) is 15.1 Å². The Balaban J connectivity index is 1.21. The second-order valence-electron chi connectivity index (χ2n) is 13.9. The van der Waals surface area contributed by atoms with Crippen LogP contribution in [0.5, 0.6) is 11.5 Å². The average molecular weight is 735 g/mol. The molecule has 0 radical (unpaired) electrons. The van der Waals surface area contributed by atoms with Crippen LogP contribution >= 0.6 is 11.6 Å². The van der Waals surface area contributed by atoms with Crippen LogP contribution in [0.4, 0.5) is 8.78 Å². The van der Waals surface area contributed by atoms with E-state index in [0.717, 1.165) is 41.2 Å². The highest BCUT2D eigenvalue weighted by molar-refractivity contribution is 6.32. The van der Waals surface area contributed by atoms with E-state index in [1.807, 2.05) is 50.2 Å². The first-order valence-electron chi connectivity index (χ1n) is 17.9. The van der Waals surface area contributed by atoms with E-state index in [1.165, 1.54) is 6.07 Å². The lowest BCUT2D eigenvalue weighted by Crippen LogP contribution is -2.62. The van der Waals surface area contributed by atoms with Crippen molar-refractivity contribution >= 4 is 34.9 Å². The van der Waals surface area contributed by atoms with Crippen molar-refractivity contribution in [2.75, 3.05) is 32.8 Å². The average Bonchev–Trinajstić information content (AvgIpc) is 3.96. The number of fused-ring (bicyclic) bond motifs is 2. The van der Waals surface area contributed by atoms with E-state index in [9.17, 15) is 23.2 Å². The highest BCUT2D eigenvalue weighted by atomic mass is 35.5. The topological polar surface area (TPSA) is 114 Å². The molecule has 1 unspecified atom stereocenters. The Morgan fingerprint density at radius 3 is 2.44 bits per heavy atom. The molecule has 2 atom stereocenters. The Labute approximate surface area is 308 Å². The Morgan fingerprint density at radius 2 is 1.71 bits per heavy atom. The third-order valence-corrected chi connectivity index (χ3v) is 10.4. The molecule has 2 fully saturated rings. The molecule has 12 heteroatoms. The summed E-state index contributed by atoms with van der Waals surface area (Å²) in [6.07, 6.45) is 3.03. The first kappa shape index (κ1) is 37.3. The molecule has 1 saturated heterocycles. The predicted molar refractivity (Wildman–Crippen MR) is 195 cm³/mol. The smallest absolute Gasteiger partial charge is 0.252 e. The van der Waals surface area contributed by atoms with E-state index in [4.69, 9.17) is 26.8 Å². The van der Waals surface area contributed by atoms with Crippen molar-refractivity contribution < 1.29 is 32.6 Å². The summed E-state index contributed by atoms with van der Waals surface area (Å²) in [5.74, 6) is -1.26. The van der Waals surface area contributed by atoms with Crippen molar-refractivity contribution in [3.63, 3.8) is 0 Å². The third-order valence-electron chi connectivity index (χ3n) is 10.1. The van der Waals surface area contributed by atoms with Crippen LogP contribution in [0, 0.1) is 25.5 Å². The number of nitrogens with zero attached hydrogens (tertiary/aromatic N) is 2. The number of halogens is 3. The van der Waals surface area contributed by atoms with Crippen molar-refractivity contribution in [1.29, 1.82) is 0 Å². The monoisotopic (exact) mass is 734 g/mol. The number of nitrogens with two attached hydrogens (primary N) is 1. The van der Waals surface area contributed by atoms with Crippen LogP contribution in [0.25, 0.3) is 5.57 Å². The molecule has 52 heavy (non-hydrogen) atoms. The molecule has 0 spiro atoms. The van der Waals surface area contributed by atoms with Gasteiger partial charge >= 0.3 is 0 Å². The van der Waals surface area contributed by atoms with Gasteiger partial charge in [-0.25, -0.2) is 8.78 Å². The zero-order valence-electron chi connectivity index (χ0n) is 29.6. The van der Waals surface area contributed by atoms with Crippen LogP contribution in [-0.4, -0.2) is 78.5 Å². The molecular formula is C40H45ClF2N4O5. The normalized spacial score (nSPS) is 18.3. The van der Waals surface area contributed by atoms with Gasteiger partial charge in [0.2, 0.25) is 11.8 Å². The summed E-state index contributed by atoms with van der Waals surface area (Å²) in [4.78, 5) is 42.7. The lowest BCUT2D eigenvalue weighted by molar-refractivity contribution is -0.134. The molecule has 2 heterocycles. The number of hydrogen-bond acceptors (Lipinski definition) is 6. The molecule has 3 aliphatic rings. The summed E-state index contributed by atoms with van der Waals surface area (Å²) in [7, 11) is 0. The van der Waals surface area contributed by atoms with E-state index < -0.39 is 23.6 Å². The molecule has 276 valence electrons. The van der Waals surface area contributed by atoms with Gasteiger partial charge in [0.15, 0.2) is 11.6 Å². The first-order chi connectivity index (χ1) is 25.0. The summed E-state index contributed by atoms with van der Waals surface area (Å²) in [5.41, 5.74) is 10.0. The van der Waals surface area contributed by atoms with E-state index >= 15 is 0 Å². The standard InChI is InChI=1S/C40H45ClF2N4O5/c1-24-19-32(41)35(20-25(24)2)52-18-17-51-30-13-9-26(10-14-30)31-21-28-22-46(37(49)8-4-7-36(44)48)23-34(45-28)38(31)40(50)47(29-11-12-29)16-15-27-5-3-6-33(42)39(27)43/h3,5-6,9-10,13-14,19-20,28-29,34,45H,4,7-8,11-12,15-18,21-23H2,1-2H3,(H2,44,48)/t28?,34-/m1/s1. The minimum Gasteiger partial charge on any atom is -0.490 e. The number of benzene rings is 3. The largest absolute Gasteiger partial charge is 0.490 e. The van der Waals surface area contributed by atoms with Crippen LogP contribution in [0.2, 0.25) is 5.02 Å². The minimum atomic E-state index is -0.914. The molecule has 0 aromatic heterocycles. The van der Waals surface area contributed by atoms with Crippen LogP contribution in [0.3, 0.4) is 0 Å². The Kier molecular flexibility index (Phi) is 11.8. The highest BCUT2D eigenvalue weighted by Gasteiger charge is 2.43. The fourth-order valence-corrected chi connectivity index (χ4v) is 7.32. The van der Waals surface area contributed by atoms with Gasteiger partial charge in [-0.2, -0.15) is 0 Å². The number of hydrogen-bond donors (Lipinski definition) is 2. The van der Waals surface area contributed by atoms with Crippen LogP contribution < -0.4 is 20.5 Å². The van der Waals surface area contributed by atoms with E-state index in [-0.39, 0.29) is 55.3 Å². The molecule has 3 amide bonds. The predicted octanol–water partition coefficient (Wildman–Crippen LogP) is 5.91. The number of primary amides is 1. The number of carbonyl (C=O) groups is 3. The van der Waals surface area contributed by atoms with Crippen LogP contribution in [0.15, 0.2) is 60.2 Å². The second-order valence-corrected chi connectivity index (χ2v) is 14.3. The molecule has 3 N–H and O–H groups in total. The number of nitrogens with one attached hydrogen (secondary N) is 1.